The van der Waals surface area contributed by atoms with Crippen molar-refractivity contribution in [1.82, 2.24) is 0 Å². The molecule has 2 aromatic carbocycles. The summed E-state index contributed by atoms with van der Waals surface area (Å²) in [6.07, 6.45) is 0.952. The van der Waals surface area contributed by atoms with Gasteiger partial charge in [0.1, 0.15) is 5.75 Å². The number of halogens is 1. The van der Waals surface area contributed by atoms with Gasteiger partial charge in [0.25, 0.3) is 0 Å². The van der Waals surface area contributed by atoms with Gasteiger partial charge in [0, 0.05) is 36.5 Å². The summed E-state index contributed by atoms with van der Waals surface area (Å²) in [6.45, 7) is 1.31. The van der Waals surface area contributed by atoms with Crippen molar-refractivity contribution in [3.8, 4) is 11.5 Å². The highest BCUT2D eigenvalue weighted by Gasteiger charge is 2.21. The minimum atomic E-state index is -0.371. The predicted molar refractivity (Wildman–Crippen MR) is 89.4 cm³/mol. The van der Waals surface area contributed by atoms with Gasteiger partial charge in [0.2, 0.25) is 0 Å². The number of fused-ring (bicyclic) bond motifs is 1. The molecule has 4 nitrogen and oxygen atoms in total. The van der Waals surface area contributed by atoms with Crippen LogP contribution in [0.15, 0.2) is 36.4 Å². The van der Waals surface area contributed by atoms with Gasteiger partial charge in [-0.25, -0.2) is 4.39 Å². The maximum atomic E-state index is 13.6. The molecule has 2 aromatic rings. The fraction of sp³-hybridized carbons (Fsp3) is 0.333. The van der Waals surface area contributed by atoms with Crippen molar-refractivity contribution in [3.63, 3.8) is 0 Å². The van der Waals surface area contributed by atoms with Crippen molar-refractivity contribution in [3.05, 3.63) is 47.8 Å². The molecule has 0 radical (unpaired) electrons. The van der Waals surface area contributed by atoms with Crippen molar-refractivity contribution < 1.29 is 13.9 Å². The number of ether oxygens (including phenoxy) is 2. The molecule has 0 unspecified atom stereocenters. The largest absolute Gasteiger partial charge is 0.494 e. The van der Waals surface area contributed by atoms with E-state index in [0.717, 1.165) is 29.1 Å². The Morgan fingerprint density at radius 1 is 1.26 bits per heavy atom. The van der Waals surface area contributed by atoms with E-state index in [1.807, 2.05) is 24.1 Å². The molecule has 3 rings (SSSR count). The first kappa shape index (κ1) is 15.6. The number of rotatable bonds is 4. The summed E-state index contributed by atoms with van der Waals surface area (Å²) in [5.74, 6) is 1.09. The van der Waals surface area contributed by atoms with Gasteiger partial charge in [0.15, 0.2) is 11.6 Å². The summed E-state index contributed by atoms with van der Waals surface area (Å²) in [6, 6.07) is 10.9. The summed E-state index contributed by atoms with van der Waals surface area (Å²) in [5, 5.41) is 0. The average molecular weight is 316 g/mol. The maximum absolute atomic E-state index is 13.6. The summed E-state index contributed by atoms with van der Waals surface area (Å²) in [4.78, 5) is 1.97. The lowest BCUT2D eigenvalue weighted by Crippen LogP contribution is -2.21. The summed E-state index contributed by atoms with van der Waals surface area (Å²) in [5.41, 5.74) is 8.81. The van der Waals surface area contributed by atoms with Gasteiger partial charge in [0.05, 0.1) is 13.7 Å². The molecular formula is C18H21FN2O2. The van der Waals surface area contributed by atoms with Crippen LogP contribution in [-0.2, 0) is 0 Å². The molecule has 1 atom stereocenters. The van der Waals surface area contributed by atoms with Gasteiger partial charge in [-0.2, -0.15) is 0 Å². The highest BCUT2D eigenvalue weighted by molar-refractivity contribution is 5.66. The third kappa shape index (κ3) is 2.97. The van der Waals surface area contributed by atoms with Crippen molar-refractivity contribution in [2.75, 3.05) is 32.2 Å². The number of benzene rings is 2. The fourth-order valence-corrected chi connectivity index (χ4v) is 2.91. The number of anilines is 2. The predicted octanol–water partition coefficient (Wildman–Crippen LogP) is 3.43. The van der Waals surface area contributed by atoms with Crippen LogP contribution < -0.4 is 20.1 Å². The second-order valence-corrected chi connectivity index (χ2v) is 5.67. The molecule has 0 amide bonds. The molecule has 0 aromatic heterocycles. The van der Waals surface area contributed by atoms with E-state index in [1.165, 1.54) is 13.2 Å². The SMILES string of the molecule is COc1cc(N(C)c2ccc3c(c2)OCC[C@H]3CN)ccc1F. The van der Waals surface area contributed by atoms with Crippen LogP contribution in [0.4, 0.5) is 15.8 Å². The Labute approximate surface area is 135 Å². The molecule has 0 aliphatic carbocycles. The van der Waals surface area contributed by atoms with Crippen molar-refractivity contribution >= 4 is 11.4 Å². The van der Waals surface area contributed by atoms with E-state index >= 15 is 0 Å². The van der Waals surface area contributed by atoms with Crippen LogP contribution in [0.3, 0.4) is 0 Å². The Morgan fingerprint density at radius 2 is 2.00 bits per heavy atom. The van der Waals surface area contributed by atoms with E-state index in [0.29, 0.717) is 19.1 Å². The highest BCUT2D eigenvalue weighted by Crippen LogP contribution is 2.37. The number of hydrogen-bond donors (Lipinski definition) is 1. The van der Waals surface area contributed by atoms with Gasteiger partial charge in [-0.3, -0.25) is 0 Å². The lowest BCUT2D eigenvalue weighted by Gasteiger charge is -2.27. The fourth-order valence-electron chi connectivity index (χ4n) is 2.91. The smallest absolute Gasteiger partial charge is 0.165 e. The zero-order valence-corrected chi connectivity index (χ0v) is 13.4. The minimum absolute atomic E-state index is 0.228. The lowest BCUT2D eigenvalue weighted by molar-refractivity contribution is 0.269. The highest BCUT2D eigenvalue weighted by atomic mass is 19.1. The third-order valence-electron chi connectivity index (χ3n) is 4.35. The first-order chi connectivity index (χ1) is 11.1. The second kappa shape index (κ2) is 6.46. The van der Waals surface area contributed by atoms with Crippen LogP contribution in [0.25, 0.3) is 0 Å². The monoisotopic (exact) mass is 316 g/mol. The molecular weight excluding hydrogens is 295 g/mol. The number of methoxy groups -OCH3 is 1. The van der Waals surface area contributed by atoms with Crippen molar-refractivity contribution in [2.24, 2.45) is 5.73 Å². The number of nitrogens with zero attached hydrogens (tertiary/aromatic N) is 1. The van der Waals surface area contributed by atoms with E-state index in [2.05, 4.69) is 6.07 Å². The summed E-state index contributed by atoms with van der Waals surface area (Å²) in [7, 11) is 3.39. The first-order valence-corrected chi connectivity index (χ1v) is 7.68. The molecule has 0 bridgehead atoms. The van der Waals surface area contributed by atoms with Gasteiger partial charge in [-0.05, 0) is 36.7 Å². The normalized spacial score (nSPS) is 16.4. The van der Waals surface area contributed by atoms with E-state index < -0.39 is 0 Å². The average Bonchev–Trinajstić information content (AvgIpc) is 2.60. The molecule has 1 heterocycles. The van der Waals surface area contributed by atoms with E-state index in [-0.39, 0.29) is 11.6 Å². The Balaban J connectivity index is 1.92. The van der Waals surface area contributed by atoms with Gasteiger partial charge >= 0.3 is 0 Å². The molecule has 5 heteroatoms. The molecule has 1 aliphatic rings. The van der Waals surface area contributed by atoms with Crippen LogP contribution in [0.1, 0.15) is 17.9 Å². The number of nitrogens with two attached hydrogens (primary N) is 1. The molecule has 0 fully saturated rings. The van der Waals surface area contributed by atoms with Gasteiger partial charge in [-0.1, -0.05) is 6.07 Å². The van der Waals surface area contributed by atoms with Gasteiger partial charge < -0.3 is 20.1 Å². The lowest BCUT2D eigenvalue weighted by atomic mass is 9.93. The Hall–Kier alpha value is -2.27. The Kier molecular flexibility index (Phi) is 4.39. The quantitative estimate of drug-likeness (QED) is 0.939. The molecule has 1 aliphatic heterocycles. The zero-order chi connectivity index (χ0) is 16.4. The third-order valence-corrected chi connectivity index (χ3v) is 4.35. The second-order valence-electron chi connectivity index (χ2n) is 5.67. The molecule has 0 spiro atoms. The van der Waals surface area contributed by atoms with Crippen LogP contribution in [-0.4, -0.2) is 27.3 Å². The zero-order valence-electron chi connectivity index (χ0n) is 13.4. The molecule has 23 heavy (non-hydrogen) atoms. The molecule has 122 valence electrons. The van der Waals surface area contributed by atoms with Crippen LogP contribution >= 0.6 is 0 Å². The summed E-state index contributed by atoms with van der Waals surface area (Å²) >= 11 is 0. The van der Waals surface area contributed by atoms with Crippen LogP contribution in [0, 0.1) is 5.82 Å². The molecule has 0 saturated heterocycles. The first-order valence-electron chi connectivity index (χ1n) is 7.68. The topological polar surface area (TPSA) is 47.7 Å². The minimum Gasteiger partial charge on any atom is -0.494 e. The Bertz CT molecular complexity index is 705. The maximum Gasteiger partial charge on any atom is 0.165 e. The molecule has 0 saturated carbocycles. The standard InChI is InChI=1S/C18H21FN2O2/c1-21(14-4-6-16(19)18(10-14)22-2)13-3-5-15-12(11-20)7-8-23-17(15)9-13/h3-6,9-10,12H,7-8,11,20H2,1-2H3/t12-/m0/s1. The van der Waals surface area contributed by atoms with E-state index in [4.69, 9.17) is 15.2 Å². The van der Waals surface area contributed by atoms with Crippen LogP contribution in [0.2, 0.25) is 0 Å². The Morgan fingerprint density at radius 3 is 2.74 bits per heavy atom. The van der Waals surface area contributed by atoms with Crippen LogP contribution in [0.5, 0.6) is 11.5 Å². The number of hydrogen-bond acceptors (Lipinski definition) is 4. The van der Waals surface area contributed by atoms with E-state index in [1.54, 1.807) is 12.1 Å². The van der Waals surface area contributed by atoms with E-state index in [9.17, 15) is 4.39 Å². The van der Waals surface area contributed by atoms with Crippen molar-refractivity contribution in [1.29, 1.82) is 0 Å². The molecule has 2 N–H and O–H groups in total. The summed E-state index contributed by atoms with van der Waals surface area (Å²) < 4.78 is 24.4. The van der Waals surface area contributed by atoms with Crippen molar-refractivity contribution in [2.45, 2.75) is 12.3 Å². The van der Waals surface area contributed by atoms with Gasteiger partial charge in [-0.15, -0.1) is 0 Å².